The van der Waals surface area contributed by atoms with E-state index in [2.05, 4.69) is 89.5 Å². The second kappa shape index (κ2) is 13.4. The average Bonchev–Trinajstić information content (AvgIpc) is 2.92. The van der Waals surface area contributed by atoms with Gasteiger partial charge in [0.1, 0.15) is 5.75 Å². The summed E-state index contributed by atoms with van der Waals surface area (Å²) in [6, 6.07) is 28.9. The van der Waals surface area contributed by atoms with Crippen LogP contribution < -0.4 is 4.74 Å². The maximum atomic E-state index is 6.03. The minimum atomic E-state index is 0.666. The van der Waals surface area contributed by atoms with Gasteiger partial charge in [0.15, 0.2) is 0 Å². The molecule has 0 radical (unpaired) electrons. The molecule has 1 saturated heterocycles. The van der Waals surface area contributed by atoms with Crippen molar-refractivity contribution < 1.29 is 9.47 Å². The Labute approximate surface area is 211 Å². The molecule has 0 N–H and O–H groups in total. The van der Waals surface area contributed by atoms with Gasteiger partial charge in [-0.05, 0) is 55.2 Å². The van der Waals surface area contributed by atoms with Crippen LogP contribution in [0.25, 0.3) is 11.1 Å². The van der Waals surface area contributed by atoms with Gasteiger partial charge in [0.25, 0.3) is 0 Å². The molecule has 4 rings (SSSR count). The second-order valence-electron chi connectivity index (χ2n) is 9.44. The fourth-order valence-corrected chi connectivity index (χ4v) is 5.02. The van der Waals surface area contributed by atoms with E-state index in [1.54, 1.807) is 7.11 Å². The Morgan fingerprint density at radius 3 is 2.26 bits per heavy atom. The number of benzene rings is 3. The smallest absolute Gasteiger partial charge is 0.127 e. The van der Waals surface area contributed by atoms with Crippen LogP contribution in [-0.2, 0) is 17.8 Å². The molecule has 4 nitrogen and oxygen atoms in total. The minimum Gasteiger partial charge on any atom is -0.493 e. The lowest BCUT2D eigenvalue weighted by Gasteiger charge is -2.38. The summed E-state index contributed by atoms with van der Waals surface area (Å²) in [4.78, 5) is 5.25. The van der Waals surface area contributed by atoms with E-state index in [-0.39, 0.29) is 0 Å². The zero-order chi connectivity index (χ0) is 24.3. The summed E-state index contributed by atoms with van der Waals surface area (Å²) >= 11 is 0. The van der Waals surface area contributed by atoms with Gasteiger partial charge in [-0.15, -0.1) is 0 Å². The molecule has 1 aliphatic heterocycles. The molecule has 3 aromatic rings. The molecule has 0 saturated carbocycles. The van der Waals surface area contributed by atoms with Gasteiger partial charge in [0.05, 0.1) is 6.61 Å². The van der Waals surface area contributed by atoms with Crippen LogP contribution >= 0.6 is 0 Å². The summed E-state index contributed by atoms with van der Waals surface area (Å²) in [6.45, 7) is 9.19. The molecule has 0 amide bonds. The molecule has 4 heteroatoms. The fraction of sp³-hybridized carbons (Fsp3) is 0.419. The topological polar surface area (TPSA) is 24.9 Å². The van der Waals surface area contributed by atoms with E-state index < -0.39 is 0 Å². The fourth-order valence-electron chi connectivity index (χ4n) is 5.02. The number of likely N-dealkylation sites (tertiary alicyclic amines) is 1. The third-order valence-corrected chi connectivity index (χ3v) is 7.02. The summed E-state index contributed by atoms with van der Waals surface area (Å²) in [6.07, 6.45) is 3.38. The van der Waals surface area contributed by atoms with Gasteiger partial charge in [-0.1, -0.05) is 79.7 Å². The lowest BCUT2D eigenvalue weighted by molar-refractivity contribution is 0.103. The number of ether oxygens (including phenoxy) is 2. The van der Waals surface area contributed by atoms with Crippen LogP contribution in [0.4, 0.5) is 0 Å². The van der Waals surface area contributed by atoms with Crippen LogP contribution in [0.15, 0.2) is 78.9 Å². The molecule has 3 aromatic carbocycles. The van der Waals surface area contributed by atoms with Crippen molar-refractivity contribution in [2.24, 2.45) is 0 Å². The minimum absolute atomic E-state index is 0.666. The average molecular weight is 473 g/mol. The van der Waals surface area contributed by atoms with E-state index in [0.29, 0.717) is 12.6 Å². The first-order valence-corrected chi connectivity index (χ1v) is 13.1. The van der Waals surface area contributed by atoms with Crippen LogP contribution in [0.3, 0.4) is 0 Å². The standard InChI is InChI=1S/C31H40N2O2/c1-3-33(25-26-10-5-4-6-11-26)29-18-20-32(21-19-29)24-27-14-16-28(17-15-27)30-12-7-8-13-31(30)35-23-9-22-34-2/h4-8,10-17,29H,3,9,18-25H2,1-2H3. The van der Waals surface area contributed by atoms with E-state index in [1.807, 2.05) is 6.07 Å². The Kier molecular flexibility index (Phi) is 9.76. The maximum Gasteiger partial charge on any atom is 0.127 e. The van der Waals surface area contributed by atoms with E-state index >= 15 is 0 Å². The van der Waals surface area contributed by atoms with Crippen LogP contribution in [0.1, 0.15) is 37.3 Å². The first kappa shape index (κ1) is 25.4. The molecule has 1 aliphatic rings. The highest BCUT2D eigenvalue weighted by Gasteiger charge is 2.23. The van der Waals surface area contributed by atoms with Crippen LogP contribution in [0.2, 0.25) is 0 Å². The summed E-state index contributed by atoms with van der Waals surface area (Å²) in [5, 5.41) is 0. The normalized spacial score (nSPS) is 14.9. The molecule has 1 heterocycles. The molecule has 0 spiro atoms. The number of hydrogen-bond acceptors (Lipinski definition) is 4. The third kappa shape index (κ3) is 7.41. The molecule has 0 aromatic heterocycles. The van der Waals surface area contributed by atoms with Crippen LogP contribution in [0, 0.1) is 0 Å². The Hall–Kier alpha value is -2.66. The number of rotatable bonds is 12. The van der Waals surface area contributed by atoms with Crippen LogP contribution in [-0.4, -0.2) is 55.8 Å². The largest absolute Gasteiger partial charge is 0.493 e. The van der Waals surface area contributed by atoms with Crippen molar-refractivity contribution in [2.75, 3.05) is 40.0 Å². The zero-order valence-electron chi connectivity index (χ0n) is 21.4. The zero-order valence-corrected chi connectivity index (χ0v) is 21.4. The summed E-state index contributed by atoms with van der Waals surface area (Å²) in [5.41, 5.74) is 5.14. The van der Waals surface area contributed by atoms with Crippen LogP contribution in [0.5, 0.6) is 5.75 Å². The number of methoxy groups -OCH3 is 1. The van der Waals surface area contributed by atoms with Gasteiger partial charge in [-0.25, -0.2) is 0 Å². The lowest BCUT2D eigenvalue weighted by atomic mass is 10.0. The monoisotopic (exact) mass is 472 g/mol. The van der Waals surface area contributed by atoms with E-state index in [9.17, 15) is 0 Å². The summed E-state index contributed by atoms with van der Waals surface area (Å²) in [7, 11) is 1.73. The summed E-state index contributed by atoms with van der Waals surface area (Å²) < 4.78 is 11.2. The van der Waals surface area contributed by atoms with Crippen molar-refractivity contribution in [1.82, 2.24) is 9.80 Å². The van der Waals surface area contributed by atoms with E-state index in [1.165, 1.54) is 29.5 Å². The number of para-hydroxylation sites is 1. The quantitative estimate of drug-likeness (QED) is 0.291. The number of piperidine rings is 1. The van der Waals surface area contributed by atoms with Crippen molar-refractivity contribution in [2.45, 2.75) is 45.3 Å². The van der Waals surface area contributed by atoms with E-state index in [4.69, 9.17) is 9.47 Å². The predicted octanol–water partition coefficient (Wildman–Crippen LogP) is 6.26. The van der Waals surface area contributed by atoms with Gasteiger partial charge >= 0.3 is 0 Å². The molecule has 0 aliphatic carbocycles. The third-order valence-electron chi connectivity index (χ3n) is 7.02. The van der Waals surface area contributed by atoms with Gasteiger partial charge in [-0.2, -0.15) is 0 Å². The lowest BCUT2D eigenvalue weighted by Crippen LogP contribution is -2.44. The van der Waals surface area contributed by atoms with Gasteiger partial charge < -0.3 is 9.47 Å². The molecular formula is C31H40N2O2. The summed E-state index contributed by atoms with van der Waals surface area (Å²) in [5.74, 6) is 0.939. The molecule has 1 fully saturated rings. The van der Waals surface area contributed by atoms with Crippen molar-refractivity contribution >= 4 is 0 Å². The van der Waals surface area contributed by atoms with Crippen molar-refractivity contribution in [3.8, 4) is 16.9 Å². The molecule has 186 valence electrons. The van der Waals surface area contributed by atoms with Crippen molar-refractivity contribution in [3.05, 3.63) is 90.0 Å². The number of nitrogens with zero attached hydrogens (tertiary/aromatic N) is 2. The molecular weight excluding hydrogens is 432 g/mol. The first-order chi connectivity index (χ1) is 17.3. The highest BCUT2D eigenvalue weighted by molar-refractivity contribution is 5.70. The molecule has 0 bridgehead atoms. The Morgan fingerprint density at radius 2 is 1.54 bits per heavy atom. The Bertz CT molecular complexity index is 998. The maximum absolute atomic E-state index is 6.03. The first-order valence-electron chi connectivity index (χ1n) is 13.1. The highest BCUT2D eigenvalue weighted by atomic mass is 16.5. The van der Waals surface area contributed by atoms with Gasteiger partial charge in [0, 0.05) is 44.8 Å². The van der Waals surface area contributed by atoms with Crippen molar-refractivity contribution in [1.29, 1.82) is 0 Å². The van der Waals surface area contributed by atoms with Gasteiger partial charge in [-0.3, -0.25) is 9.80 Å². The van der Waals surface area contributed by atoms with E-state index in [0.717, 1.165) is 57.1 Å². The highest BCUT2D eigenvalue weighted by Crippen LogP contribution is 2.30. The van der Waals surface area contributed by atoms with Gasteiger partial charge in [0.2, 0.25) is 0 Å². The Balaban J connectivity index is 1.29. The second-order valence-corrected chi connectivity index (χ2v) is 9.44. The van der Waals surface area contributed by atoms with Crippen molar-refractivity contribution in [3.63, 3.8) is 0 Å². The SMILES string of the molecule is CCN(Cc1ccccc1)C1CCN(Cc2ccc(-c3ccccc3OCCCOC)cc2)CC1. The molecule has 35 heavy (non-hydrogen) atoms. The predicted molar refractivity (Wildman–Crippen MR) is 145 cm³/mol. The molecule has 0 unspecified atom stereocenters. The number of hydrogen-bond donors (Lipinski definition) is 0. The molecule has 0 atom stereocenters. The Morgan fingerprint density at radius 1 is 0.829 bits per heavy atom.